The second-order valence-electron chi connectivity index (χ2n) is 5.41. The van der Waals surface area contributed by atoms with Gasteiger partial charge in [-0.15, -0.1) is 0 Å². The molecule has 0 radical (unpaired) electrons. The van der Waals surface area contributed by atoms with E-state index in [-0.39, 0.29) is 0 Å². The van der Waals surface area contributed by atoms with E-state index in [0.717, 1.165) is 37.5 Å². The smallest absolute Gasteiger partial charge is 0.142 e. The number of hydrogen-bond donors (Lipinski definition) is 1. The fourth-order valence-corrected chi connectivity index (χ4v) is 2.86. The molecule has 1 aliphatic rings. The summed E-state index contributed by atoms with van der Waals surface area (Å²) < 4.78 is 5.94. The summed E-state index contributed by atoms with van der Waals surface area (Å²) in [5.41, 5.74) is 1.04. The number of rotatable bonds is 9. The van der Waals surface area contributed by atoms with Crippen molar-refractivity contribution < 1.29 is 4.74 Å². The van der Waals surface area contributed by atoms with Crippen molar-refractivity contribution in [2.75, 3.05) is 26.2 Å². The van der Waals surface area contributed by atoms with Crippen molar-refractivity contribution in [3.05, 3.63) is 27.7 Å². The summed E-state index contributed by atoms with van der Waals surface area (Å²) in [6, 6.07) is 4.33. The van der Waals surface area contributed by atoms with E-state index in [1.165, 1.54) is 12.8 Å². The van der Waals surface area contributed by atoms with E-state index >= 15 is 0 Å². The van der Waals surface area contributed by atoms with E-state index in [2.05, 4.69) is 24.1 Å². The monoisotopic (exact) mass is 330 g/mol. The van der Waals surface area contributed by atoms with E-state index in [0.29, 0.717) is 22.7 Å². The lowest BCUT2D eigenvalue weighted by Crippen LogP contribution is -2.28. The summed E-state index contributed by atoms with van der Waals surface area (Å²) >= 11 is 12.4. The Balaban J connectivity index is 1.98. The summed E-state index contributed by atoms with van der Waals surface area (Å²) in [4.78, 5) is 2.33. The number of nitrogens with zero attached hydrogens (tertiary/aromatic N) is 1. The molecule has 0 atom stereocenters. The summed E-state index contributed by atoms with van der Waals surface area (Å²) in [6.45, 7) is 8.68. The SMILES string of the molecule is CCN(CC)CCOc1c(Cl)cc(Cl)cc1CNC1CC1. The first-order valence-electron chi connectivity index (χ1n) is 7.70. The maximum atomic E-state index is 6.30. The lowest BCUT2D eigenvalue weighted by Gasteiger charge is -2.20. The minimum Gasteiger partial charge on any atom is -0.490 e. The standard InChI is InChI=1S/C16H24Cl2N2O/c1-3-20(4-2)7-8-21-16-12(11-19-14-5-6-14)9-13(17)10-15(16)18/h9-10,14,19H,3-8,11H2,1-2H3. The molecule has 3 nitrogen and oxygen atoms in total. The molecule has 0 aliphatic heterocycles. The molecule has 1 N–H and O–H groups in total. The number of halogens is 2. The minimum atomic E-state index is 0.592. The lowest BCUT2D eigenvalue weighted by molar-refractivity contribution is 0.221. The zero-order valence-corrected chi connectivity index (χ0v) is 14.3. The Kier molecular flexibility index (Phi) is 6.62. The molecule has 1 saturated carbocycles. The van der Waals surface area contributed by atoms with Gasteiger partial charge in [0, 0.05) is 29.7 Å². The zero-order valence-electron chi connectivity index (χ0n) is 12.8. The molecule has 0 bridgehead atoms. The van der Waals surface area contributed by atoms with Crippen LogP contribution in [-0.4, -0.2) is 37.2 Å². The predicted molar refractivity (Wildman–Crippen MR) is 89.6 cm³/mol. The van der Waals surface area contributed by atoms with Gasteiger partial charge >= 0.3 is 0 Å². The quantitative estimate of drug-likeness (QED) is 0.741. The largest absolute Gasteiger partial charge is 0.490 e. The Bertz CT molecular complexity index is 460. The lowest BCUT2D eigenvalue weighted by atomic mass is 10.2. The van der Waals surface area contributed by atoms with Gasteiger partial charge in [0.15, 0.2) is 0 Å². The van der Waals surface area contributed by atoms with E-state index in [1.54, 1.807) is 6.07 Å². The summed E-state index contributed by atoms with van der Waals surface area (Å²) in [6.07, 6.45) is 2.51. The summed E-state index contributed by atoms with van der Waals surface area (Å²) in [7, 11) is 0. The molecule has 1 aromatic rings. The first-order valence-corrected chi connectivity index (χ1v) is 8.46. The molecule has 0 unspecified atom stereocenters. The average Bonchev–Trinajstić information content (AvgIpc) is 3.27. The van der Waals surface area contributed by atoms with Gasteiger partial charge in [-0.25, -0.2) is 0 Å². The molecule has 0 spiro atoms. The van der Waals surface area contributed by atoms with Crippen LogP contribution in [0.25, 0.3) is 0 Å². The molecule has 1 aromatic carbocycles. The predicted octanol–water partition coefficient (Wildman–Crippen LogP) is 3.97. The fraction of sp³-hybridized carbons (Fsp3) is 0.625. The van der Waals surface area contributed by atoms with Gasteiger partial charge in [0.05, 0.1) is 5.02 Å². The highest BCUT2D eigenvalue weighted by Gasteiger charge is 2.21. The summed E-state index contributed by atoms with van der Waals surface area (Å²) in [5.74, 6) is 0.765. The topological polar surface area (TPSA) is 24.5 Å². The molecule has 0 heterocycles. The Morgan fingerprint density at radius 2 is 1.95 bits per heavy atom. The van der Waals surface area contributed by atoms with Crippen LogP contribution in [0.1, 0.15) is 32.3 Å². The molecule has 2 rings (SSSR count). The third kappa shape index (κ3) is 5.33. The van der Waals surface area contributed by atoms with Crippen molar-refractivity contribution >= 4 is 23.2 Å². The molecule has 0 saturated heterocycles. The summed E-state index contributed by atoms with van der Waals surface area (Å²) in [5, 5.41) is 4.73. The Morgan fingerprint density at radius 3 is 2.57 bits per heavy atom. The van der Waals surface area contributed by atoms with Crippen molar-refractivity contribution in [2.24, 2.45) is 0 Å². The maximum Gasteiger partial charge on any atom is 0.142 e. The third-order valence-electron chi connectivity index (χ3n) is 3.79. The normalized spacial score (nSPS) is 14.7. The van der Waals surface area contributed by atoms with Gasteiger partial charge in [-0.3, -0.25) is 0 Å². The van der Waals surface area contributed by atoms with Gasteiger partial charge in [0.25, 0.3) is 0 Å². The Labute approximate surface area is 137 Å². The molecule has 5 heteroatoms. The first kappa shape index (κ1) is 16.9. The molecule has 1 fully saturated rings. The van der Waals surface area contributed by atoms with Gasteiger partial charge in [-0.1, -0.05) is 37.0 Å². The Hall–Kier alpha value is -0.480. The number of nitrogens with one attached hydrogen (secondary N) is 1. The molecule has 21 heavy (non-hydrogen) atoms. The molecule has 0 aromatic heterocycles. The highest BCUT2D eigenvalue weighted by Crippen LogP contribution is 2.33. The van der Waals surface area contributed by atoms with Crippen LogP contribution in [0.5, 0.6) is 5.75 Å². The highest BCUT2D eigenvalue weighted by molar-refractivity contribution is 6.35. The van der Waals surface area contributed by atoms with Gasteiger partial charge in [-0.05, 0) is 38.1 Å². The van der Waals surface area contributed by atoms with E-state index in [1.807, 2.05) is 6.07 Å². The van der Waals surface area contributed by atoms with Gasteiger partial charge in [-0.2, -0.15) is 0 Å². The van der Waals surface area contributed by atoms with Crippen molar-refractivity contribution in [1.29, 1.82) is 0 Å². The van der Waals surface area contributed by atoms with Gasteiger partial charge < -0.3 is 15.0 Å². The number of benzene rings is 1. The van der Waals surface area contributed by atoms with E-state index in [9.17, 15) is 0 Å². The van der Waals surface area contributed by atoms with Crippen LogP contribution in [0.3, 0.4) is 0 Å². The van der Waals surface area contributed by atoms with E-state index < -0.39 is 0 Å². The van der Waals surface area contributed by atoms with Crippen LogP contribution in [0.2, 0.25) is 10.0 Å². The first-order chi connectivity index (χ1) is 10.1. The van der Waals surface area contributed by atoms with Crippen LogP contribution < -0.4 is 10.1 Å². The number of likely N-dealkylation sites (N-methyl/N-ethyl adjacent to an activating group) is 1. The highest BCUT2D eigenvalue weighted by atomic mass is 35.5. The zero-order chi connectivity index (χ0) is 15.2. The van der Waals surface area contributed by atoms with Crippen molar-refractivity contribution in [2.45, 2.75) is 39.3 Å². The van der Waals surface area contributed by atoms with Crippen LogP contribution in [0.15, 0.2) is 12.1 Å². The molecular weight excluding hydrogens is 307 g/mol. The van der Waals surface area contributed by atoms with Crippen LogP contribution in [0.4, 0.5) is 0 Å². The van der Waals surface area contributed by atoms with Crippen LogP contribution in [0, 0.1) is 0 Å². The van der Waals surface area contributed by atoms with E-state index in [4.69, 9.17) is 27.9 Å². The van der Waals surface area contributed by atoms with Crippen LogP contribution >= 0.6 is 23.2 Å². The van der Waals surface area contributed by atoms with Crippen molar-refractivity contribution in [3.63, 3.8) is 0 Å². The van der Waals surface area contributed by atoms with Crippen molar-refractivity contribution in [3.8, 4) is 5.75 Å². The second kappa shape index (κ2) is 8.23. The van der Waals surface area contributed by atoms with Gasteiger partial charge in [0.2, 0.25) is 0 Å². The molecule has 118 valence electrons. The van der Waals surface area contributed by atoms with Gasteiger partial charge in [0.1, 0.15) is 12.4 Å². The minimum absolute atomic E-state index is 0.592. The molecule has 1 aliphatic carbocycles. The molecular formula is C16H24Cl2N2O. The van der Waals surface area contributed by atoms with Crippen molar-refractivity contribution in [1.82, 2.24) is 10.2 Å². The molecule has 0 amide bonds. The maximum absolute atomic E-state index is 6.30. The second-order valence-corrected chi connectivity index (χ2v) is 6.25. The number of ether oxygens (including phenoxy) is 1. The van der Waals surface area contributed by atoms with Crippen LogP contribution in [-0.2, 0) is 6.54 Å². The average molecular weight is 331 g/mol. The Morgan fingerprint density at radius 1 is 1.24 bits per heavy atom. The fourth-order valence-electron chi connectivity index (χ4n) is 2.26. The third-order valence-corrected chi connectivity index (χ3v) is 4.29. The number of hydrogen-bond acceptors (Lipinski definition) is 3.